The molecule has 1 heterocycles. The third-order valence-electron chi connectivity index (χ3n) is 0.629. The van der Waals surface area contributed by atoms with E-state index < -0.39 is 0 Å². The van der Waals surface area contributed by atoms with Crippen molar-refractivity contribution in [3.05, 3.63) is 12.9 Å². The van der Waals surface area contributed by atoms with Crippen molar-refractivity contribution in [1.29, 1.82) is 0 Å². The molecule has 0 saturated carbocycles. The van der Waals surface area contributed by atoms with Crippen LogP contribution in [0.1, 0.15) is 6.92 Å². The first-order valence-corrected chi connectivity index (χ1v) is 1.95. The molecule has 37 valence electrons. The van der Waals surface area contributed by atoms with Gasteiger partial charge in [-0.3, -0.25) is 0 Å². The van der Waals surface area contributed by atoms with E-state index in [2.05, 4.69) is 15.5 Å². The van der Waals surface area contributed by atoms with Crippen molar-refractivity contribution in [2.75, 3.05) is 0 Å². The minimum absolute atomic E-state index is 1.53. The topological polar surface area (TPSA) is 43.6 Å². The summed E-state index contributed by atoms with van der Waals surface area (Å²) in [7, 11) is 0. The second kappa shape index (κ2) is 1.68. The Balaban J connectivity index is 2.76. The van der Waals surface area contributed by atoms with Crippen LogP contribution in [0.15, 0.2) is 6.33 Å². The van der Waals surface area contributed by atoms with Crippen molar-refractivity contribution in [3.8, 4) is 0 Å². The molecule has 0 saturated heterocycles. The van der Waals surface area contributed by atoms with Gasteiger partial charge in [0.15, 0.2) is 0 Å². The highest BCUT2D eigenvalue weighted by Gasteiger charge is 1.81. The lowest BCUT2D eigenvalue weighted by Gasteiger charge is -1.81. The third kappa shape index (κ3) is 0.734. The van der Waals surface area contributed by atoms with E-state index in [-0.39, 0.29) is 0 Å². The van der Waals surface area contributed by atoms with Crippen LogP contribution in [0.2, 0.25) is 0 Å². The zero-order chi connectivity index (χ0) is 5.11. The maximum absolute atomic E-state index is 3.53. The van der Waals surface area contributed by atoms with Crippen LogP contribution in [0, 0.1) is 6.54 Å². The second-order valence-electron chi connectivity index (χ2n) is 1.05. The van der Waals surface area contributed by atoms with Gasteiger partial charge in [0.1, 0.15) is 6.33 Å². The Kier molecular flexibility index (Phi) is 1.02. The summed E-state index contributed by atoms with van der Waals surface area (Å²) >= 11 is 0. The van der Waals surface area contributed by atoms with Crippen molar-refractivity contribution in [3.63, 3.8) is 0 Å². The zero-order valence-electron chi connectivity index (χ0n) is 3.94. The first-order chi connectivity index (χ1) is 3.43. The van der Waals surface area contributed by atoms with Gasteiger partial charge in [0.2, 0.25) is 0 Å². The van der Waals surface area contributed by atoms with Crippen molar-refractivity contribution in [2.24, 2.45) is 0 Å². The van der Waals surface area contributed by atoms with E-state index in [0.29, 0.717) is 0 Å². The van der Waals surface area contributed by atoms with Crippen molar-refractivity contribution in [2.45, 2.75) is 6.92 Å². The summed E-state index contributed by atoms with van der Waals surface area (Å²) in [6.45, 7) is 3.62. The summed E-state index contributed by atoms with van der Waals surface area (Å²) < 4.78 is 1.53. The summed E-state index contributed by atoms with van der Waals surface area (Å²) in [6, 6.07) is 0. The van der Waals surface area contributed by atoms with E-state index >= 15 is 0 Å². The van der Waals surface area contributed by atoms with Crippen LogP contribution < -0.4 is 0 Å². The van der Waals surface area contributed by atoms with Gasteiger partial charge in [-0.05, 0) is 17.4 Å². The highest BCUT2D eigenvalue weighted by Crippen LogP contribution is 1.73. The molecule has 1 aromatic rings. The predicted octanol–water partition coefficient (Wildman–Crippen LogP) is -0.297. The zero-order valence-corrected chi connectivity index (χ0v) is 3.94. The summed E-state index contributed by atoms with van der Waals surface area (Å²) in [5, 5.41) is 10.3. The molecule has 0 N–H and O–H groups in total. The molecule has 0 atom stereocenters. The molecule has 0 aromatic carbocycles. The van der Waals surface area contributed by atoms with Crippen molar-refractivity contribution < 1.29 is 0 Å². The molecule has 0 fully saturated rings. The lowest BCUT2D eigenvalue weighted by molar-refractivity contribution is 0.742. The molecule has 4 heteroatoms. The first-order valence-electron chi connectivity index (χ1n) is 1.95. The summed E-state index contributed by atoms with van der Waals surface area (Å²) in [5.74, 6) is 0. The van der Waals surface area contributed by atoms with E-state index in [4.69, 9.17) is 0 Å². The van der Waals surface area contributed by atoms with Gasteiger partial charge in [-0.25, -0.2) is 4.68 Å². The van der Waals surface area contributed by atoms with Gasteiger partial charge in [0.05, 0.1) is 6.54 Å². The highest BCUT2D eigenvalue weighted by molar-refractivity contribution is 4.57. The van der Waals surface area contributed by atoms with Crippen LogP contribution >= 0.6 is 0 Å². The van der Waals surface area contributed by atoms with E-state index in [1.165, 1.54) is 11.0 Å². The Morgan fingerprint density at radius 2 is 2.57 bits per heavy atom. The number of hydrogen-bond donors (Lipinski definition) is 0. The number of nitrogens with zero attached hydrogens (tertiary/aromatic N) is 4. The highest BCUT2D eigenvalue weighted by atomic mass is 15.5. The van der Waals surface area contributed by atoms with Crippen molar-refractivity contribution >= 4 is 0 Å². The Bertz CT molecular complexity index is 121. The Morgan fingerprint density at radius 3 is 2.86 bits per heavy atom. The molecule has 7 heavy (non-hydrogen) atoms. The molecule has 0 bridgehead atoms. The SMILES string of the molecule is C[CH]n1cnnn1. The van der Waals surface area contributed by atoms with E-state index in [0.717, 1.165) is 0 Å². The number of aromatic nitrogens is 4. The van der Waals surface area contributed by atoms with E-state index in [1.54, 1.807) is 6.54 Å². The lowest BCUT2D eigenvalue weighted by atomic mass is 10.8. The molecule has 0 spiro atoms. The van der Waals surface area contributed by atoms with Gasteiger partial charge >= 0.3 is 0 Å². The van der Waals surface area contributed by atoms with Crippen LogP contribution in [0.5, 0.6) is 0 Å². The van der Waals surface area contributed by atoms with Crippen LogP contribution in [-0.2, 0) is 0 Å². The molecule has 0 aliphatic heterocycles. The van der Waals surface area contributed by atoms with Gasteiger partial charge in [-0.15, -0.1) is 5.10 Å². The fourth-order valence-corrected chi connectivity index (χ4v) is 0.287. The molecule has 1 aromatic heterocycles. The normalized spacial score (nSPS) is 9.29. The quantitative estimate of drug-likeness (QED) is 0.483. The molecule has 0 amide bonds. The summed E-state index contributed by atoms with van der Waals surface area (Å²) in [4.78, 5) is 0. The second-order valence-corrected chi connectivity index (χ2v) is 1.05. The average Bonchev–Trinajstić information content (AvgIpc) is 2.14. The predicted molar refractivity (Wildman–Crippen MR) is 23.2 cm³/mol. The fraction of sp³-hybridized carbons (Fsp3) is 0.333. The van der Waals surface area contributed by atoms with Gasteiger partial charge in [-0.1, -0.05) is 0 Å². The smallest absolute Gasteiger partial charge is 0.138 e. The Morgan fingerprint density at radius 1 is 1.71 bits per heavy atom. The Labute approximate surface area is 41.1 Å². The van der Waals surface area contributed by atoms with E-state index in [1.807, 2.05) is 6.92 Å². The van der Waals surface area contributed by atoms with Gasteiger partial charge in [0, 0.05) is 0 Å². The van der Waals surface area contributed by atoms with Crippen LogP contribution in [0.25, 0.3) is 0 Å². The number of hydrogen-bond acceptors (Lipinski definition) is 3. The molecule has 1 rings (SSSR count). The fourth-order valence-electron chi connectivity index (χ4n) is 0.287. The van der Waals surface area contributed by atoms with Crippen LogP contribution in [0.4, 0.5) is 0 Å². The molecule has 4 nitrogen and oxygen atoms in total. The van der Waals surface area contributed by atoms with E-state index in [9.17, 15) is 0 Å². The summed E-state index contributed by atoms with van der Waals surface area (Å²) in [6.07, 6.45) is 1.53. The van der Waals surface area contributed by atoms with Gasteiger partial charge < -0.3 is 0 Å². The number of tetrazole rings is 1. The molecular weight excluding hydrogens is 92.1 g/mol. The van der Waals surface area contributed by atoms with Gasteiger partial charge in [0.25, 0.3) is 0 Å². The summed E-state index contributed by atoms with van der Waals surface area (Å²) in [5.41, 5.74) is 0. The lowest BCUT2D eigenvalue weighted by Crippen LogP contribution is -1.90. The monoisotopic (exact) mass is 97.1 g/mol. The molecule has 1 radical (unpaired) electrons. The molecule has 0 aliphatic carbocycles. The molecule has 0 unspecified atom stereocenters. The number of rotatable bonds is 1. The maximum Gasteiger partial charge on any atom is 0.138 e. The van der Waals surface area contributed by atoms with Crippen LogP contribution in [0.3, 0.4) is 0 Å². The maximum atomic E-state index is 3.53. The first kappa shape index (κ1) is 4.23. The van der Waals surface area contributed by atoms with Crippen molar-refractivity contribution in [1.82, 2.24) is 20.2 Å². The Hall–Kier alpha value is -0.930. The largest absolute Gasteiger partial charge is 0.228 e. The average molecular weight is 97.1 g/mol. The molecule has 0 aliphatic rings. The minimum Gasteiger partial charge on any atom is -0.228 e. The molecular formula is C3H5N4. The minimum atomic E-state index is 1.53. The van der Waals surface area contributed by atoms with Crippen LogP contribution in [-0.4, -0.2) is 20.2 Å². The third-order valence-corrected chi connectivity index (χ3v) is 0.629. The van der Waals surface area contributed by atoms with Gasteiger partial charge in [-0.2, -0.15) is 0 Å². The standard InChI is InChI=1S/C3H5N4/c1-2-7-3-4-5-6-7/h2-3H,1H3.